The van der Waals surface area contributed by atoms with Crippen LogP contribution in [0.3, 0.4) is 0 Å². The topological polar surface area (TPSA) is 36.9 Å². The van der Waals surface area contributed by atoms with Gasteiger partial charge in [0, 0.05) is 12.8 Å². The van der Waals surface area contributed by atoms with Gasteiger partial charge >= 0.3 is 0 Å². The lowest BCUT2D eigenvalue weighted by Crippen LogP contribution is -2.50. The third-order valence-electron chi connectivity index (χ3n) is 9.58. The smallest absolute Gasteiger partial charge is 0.199 e. The zero-order valence-corrected chi connectivity index (χ0v) is 22.3. The summed E-state index contributed by atoms with van der Waals surface area (Å²) >= 11 is 0. The number of benzene rings is 1. The Labute approximate surface area is 212 Å². The Morgan fingerprint density at radius 3 is 2.29 bits per heavy atom. The van der Waals surface area contributed by atoms with Crippen LogP contribution in [0.25, 0.3) is 0 Å². The van der Waals surface area contributed by atoms with Gasteiger partial charge in [0.2, 0.25) is 0 Å². The minimum absolute atomic E-state index is 0.143. The largest absolute Gasteiger partial charge is 0.465 e. The molecule has 35 heavy (non-hydrogen) atoms. The van der Waals surface area contributed by atoms with Crippen molar-refractivity contribution in [3.8, 4) is 11.5 Å². The van der Waals surface area contributed by atoms with Crippen LogP contribution in [0, 0.1) is 22.7 Å². The van der Waals surface area contributed by atoms with Crippen LogP contribution in [-0.4, -0.2) is 25.8 Å². The van der Waals surface area contributed by atoms with Crippen molar-refractivity contribution in [2.24, 2.45) is 22.7 Å². The molecule has 2 saturated heterocycles. The lowest BCUT2D eigenvalue weighted by atomic mass is 9.47. The molecule has 4 heteroatoms. The van der Waals surface area contributed by atoms with Gasteiger partial charge in [0.05, 0.1) is 13.2 Å². The van der Waals surface area contributed by atoms with Gasteiger partial charge in [-0.25, -0.2) is 0 Å². The predicted octanol–water partition coefficient (Wildman–Crippen LogP) is 7.84. The Hall–Kier alpha value is -1.52. The molecule has 0 radical (unpaired) electrons. The molecule has 2 heterocycles. The number of ether oxygens (including phenoxy) is 4. The van der Waals surface area contributed by atoms with Gasteiger partial charge in [-0.1, -0.05) is 39.3 Å². The van der Waals surface area contributed by atoms with E-state index < -0.39 is 0 Å². The summed E-state index contributed by atoms with van der Waals surface area (Å²) in [6.45, 7) is 13.7. The molecule has 1 aromatic rings. The van der Waals surface area contributed by atoms with E-state index in [1.807, 2.05) is 6.07 Å². The summed E-state index contributed by atoms with van der Waals surface area (Å²) < 4.78 is 24.6. The van der Waals surface area contributed by atoms with Crippen LogP contribution in [0.2, 0.25) is 0 Å². The molecule has 4 aliphatic rings. The van der Waals surface area contributed by atoms with E-state index in [0.717, 1.165) is 82.0 Å². The first kappa shape index (κ1) is 25.1. The van der Waals surface area contributed by atoms with Gasteiger partial charge in [0.15, 0.2) is 12.6 Å². The molecule has 0 amide bonds. The summed E-state index contributed by atoms with van der Waals surface area (Å²) in [5.74, 6) is 3.02. The van der Waals surface area contributed by atoms with Gasteiger partial charge in [-0.3, -0.25) is 0 Å². The van der Waals surface area contributed by atoms with Crippen LogP contribution in [0.4, 0.5) is 0 Å². The molecule has 0 aromatic heterocycles. The molecular formula is C31H46O4. The first-order valence-corrected chi connectivity index (χ1v) is 14.2. The summed E-state index contributed by atoms with van der Waals surface area (Å²) in [4.78, 5) is 0. The molecule has 194 valence electrons. The highest BCUT2D eigenvalue weighted by Gasteiger charge is 2.52. The maximum atomic E-state index is 6.48. The van der Waals surface area contributed by atoms with Gasteiger partial charge in [0.1, 0.15) is 11.5 Å². The van der Waals surface area contributed by atoms with Crippen molar-refractivity contribution in [2.45, 2.75) is 110 Å². The normalized spacial score (nSPS) is 35.2. The number of hydrogen-bond donors (Lipinski definition) is 0. The van der Waals surface area contributed by atoms with E-state index in [0.29, 0.717) is 11.3 Å². The monoisotopic (exact) mass is 482 g/mol. The van der Waals surface area contributed by atoms with Crippen molar-refractivity contribution in [1.29, 1.82) is 0 Å². The van der Waals surface area contributed by atoms with Crippen molar-refractivity contribution in [3.63, 3.8) is 0 Å². The third kappa shape index (κ3) is 5.44. The Kier molecular flexibility index (Phi) is 7.51. The molecule has 0 bridgehead atoms. The summed E-state index contributed by atoms with van der Waals surface area (Å²) in [5.41, 5.74) is 3.32. The van der Waals surface area contributed by atoms with Gasteiger partial charge in [-0.15, -0.1) is 0 Å². The van der Waals surface area contributed by atoms with Crippen LogP contribution in [0.5, 0.6) is 11.5 Å². The fraction of sp³-hybridized carbons (Fsp3) is 0.742. The highest BCUT2D eigenvalue weighted by Crippen LogP contribution is 2.61. The molecule has 5 rings (SSSR count). The minimum atomic E-state index is -0.151. The fourth-order valence-corrected chi connectivity index (χ4v) is 7.68. The summed E-state index contributed by atoms with van der Waals surface area (Å²) in [6, 6.07) is 6.36. The number of fused-ring (bicyclic) bond motifs is 1. The summed E-state index contributed by atoms with van der Waals surface area (Å²) in [7, 11) is 0. The fourth-order valence-electron chi connectivity index (χ4n) is 7.68. The molecule has 0 N–H and O–H groups in total. The maximum absolute atomic E-state index is 6.48. The van der Waals surface area contributed by atoms with E-state index in [4.69, 9.17) is 18.9 Å². The second-order valence-corrected chi connectivity index (χ2v) is 12.5. The zero-order valence-electron chi connectivity index (χ0n) is 22.3. The van der Waals surface area contributed by atoms with Gasteiger partial charge in [0.25, 0.3) is 0 Å². The second kappa shape index (κ2) is 10.5. The Morgan fingerprint density at radius 2 is 1.60 bits per heavy atom. The average Bonchev–Trinajstić information content (AvgIpc) is 2.84. The Bertz CT molecular complexity index is 880. The van der Waals surface area contributed by atoms with Gasteiger partial charge in [-0.05, 0) is 104 Å². The highest BCUT2D eigenvalue weighted by atomic mass is 16.7. The van der Waals surface area contributed by atoms with Crippen LogP contribution in [-0.2, 0) is 15.9 Å². The van der Waals surface area contributed by atoms with Gasteiger partial charge < -0.3 is 18.9 Å². The SMILES string of the molecule is C=C1CC[C@@H]2C(C)(C)CCC[C@@]2(C)[C@@H]1Cc1cc(OC2CCCCO2)ccc1OC1CCCCO1. The minimum Gasteiger partial charge on any atom is -0.465 e. The molecule has 4 nitrogen and oxygen atoms in total. The van der Waals surface area contributed by atoms with Crippen molar-refractivity contribution in [2.75, 3.05) is 13.2 Å². The molecule has 2 aliphatic heterocycles. The van der Waals surface area contributed by atoms with Crippen molar-refractivity contribution < 1.29 is 18.9 Å². The first-order valence-electron chi connectivity index (χ1n) is 14.2. The number of allylic oxidation sites excluding steroid dienone is 1. The molecule has 4 fully saturated rings. The van der Waals surface area contributed by atoms with Crippen molar-refractivity contribution >= 4 is 0 Å². The molecule has 2 aliphatic carbocycles. The van der Waals surface area contributed by atoms with Crippen LogP contribution >= 0.6 is 0 Å². The first-order chi connectivity index (χ1) is 16.8. The number of hydrogen-bond acceptors (Lipinski definition) is 4. The maximum Gasteiger partial charge on any atom is 0.199 e. The average molecular weight is 483 g/mol. The van der Waals surface area contributed by atoms with E-state index in [9.17, 15) is 0 Å². The molecule has 0 spiro atoms. The summed E-state index contributed by atoms with van der Waals surface area (Å²) in [6.07, 6.45) is 13.5. The predicted molar refractivity (Wildman–Crippen MR) is 140 cm³/mol. The van der Waals surface area contributed by atoms with E-state index in [2.05, 4.69) is 39.5 Å². The molecular weight excluding hydrogens is 436 g/mol. The van der Waals surface area contributed by atoms with E-state index in [1.54, 1.807) is 0 Å². The van der Waals surface area contributed by atoms with E-state index in [-0.39, 0.29) is 18.0 Å². The van der Waals surface area contributed by atoms with Crippen LogP contribution in [0.1, 0.15) is 97.0 Å². The quantitative estimate of drug-likeness (QED) is 0.387. The Morgan fingerprint density at radius 1 is 0.886 bits per heavy atom. The second-order valence-electron chi connectivity index (χ2n) is 12.5. The standard InChI is InChI=1S/C31H46O4/c1-22-12-15-27-30(2,3)16-9-17-31(27,4)25(22)21-23-20-24(34-28-10-5-7-18-32-28)13-14-26(23)35-29-11-6-8-19-33-29/h13-14,20,25,27-29H,1,5-12,15-19,21H2,2-4H3/t25-,27-,28?,29?,31+/m1/s1. The van der Waals surface area contributed by atoms with E-state index in [1.165, 1.54) is 36.8 Å². The lowest BCUT2D eigenvalue weighted by molar-refractivity contribution is -0.108. The van der Waals surface area contributed by atoms with Crippen molar-refractivity contribution in [3.05, 3.63) is 35.9 Å². The lowest BCUT2D eigenvalue weighted by Gasteiger charge is -2.58. The summed E-state index contributed by atoms with van der Waals surface area (Å²) in [5, 5.41) is 0. The highest BCUT2D eigenvalue weighted by molar-refractivity contribution is 5.42. The molecule has 1 aromatic carbocycles. The molecule has 2 unspecified atom stereocenters. The van der Waals surface area contributed by atoms with E-state index >= 15 is 0 Å². The molecule has 2 saturated carbocycles. The molecule has 5 atom stereocenters. The van der Waals surface area contributed by atoms with Crippen LogP contribution in [0.15, 0.2) is 30.4 Å². The number of rotatable bonds is 6. The Balaban J connectivity index is 1.43. The zero-order chi connectivity index (χ0) is 24.5. The van der Waals surface area contributed by atoms with Gasteiger partial charge in [-0.2, -0.15) is 0 Å². The van der Waals surface area contributed by atoms with Crippen molar-refractivity contribution in [1.82, 2.24) is 0 Å². The van der Waals surface area contributed by atoms with Crippen LogP contribution < -0.4 is 9.47 Å². The third-order valence-corrected chi connectivity index (χ3v) is 9.58.